The number of sulfonamides is 1. The normalized spacial score (nSPS) is 12.7. The van der Waals surface area contributed by atoms with Crippen molar-refractivity contribution in [3.8, 4) is 0 Å². The highest BCUT2D eigenvalue weighted by Crippen LogP contribution is 2.17. The average Bonchev–Trinajstić information content (AvgIpc) is 2.50. The Morgan fingerprint density at radius 1 is 1.08 bits per heavy atom. The molecule has 0 radical (unpaired) electrons. The molecule has 2 aromatic rings. The zero-order valence-electron chi connectivity index (χ0n) is 13.6. The minimum Gasteiger partial charge on any atom is -0.324 e. The van der Waals surface area contributed by atoms with Gasteiger partial charge in [0.25, 0.3) is 0 Å². The Morgan fingerprint density at radius 2 is 1.71 bits per heavy atom. The molecule has 0 spiro atoms. The van der Waals surface area contributed by atoms with Crippen molar-refractivity contribution in [3.05, 3.63) is 58.6 Å². The van der Waals surface area contributed by atoms with E-state index < -0.39 is 22.0 Å². The second-order valence-corrected chi connectivity index (χ2v) is 7.75. The molecule has 128 valence electrons. The molecule has 0 aromatic heterocycles. The van der Waals surface area contributed by atoms with Crippen molar-refractivity contribution in [1.82, 2.24) is 4.72 Å². The molecule has 2 N–H and O–H groups in total. The van der Waals surface area contributed by atoms with Crippen LogP contribution in [0.3, 0.4) is 0 Å². The van der Waals surface area contributed by atoms with Gasteiger partial charge in [0.05, 0.1) is 10.9 Å². The van der Waals surface area contributed by atoms with Gasteiger partial charge in [0.2, 0.25) is 15.9 Å². The summed E-state index contributed by atoms with van der Waals surface area (Å²) in [5, 5.41) is 3.17. The minimum atomic E-state index is -3.80. The summed E-state index contributed by atoms with van der Waals surface area (Å²) in [5.74, 6) is -0.431. The monoisotopic (exact) mass is 366 g/mol. The number of hydrogen-bond donors (Lipinski definition) is 2. The van der Waals surface area contributed by atoms with Crippen LogP contribution in [0.4, 0.5) is 5.69 Å². The average molecular weight is 367 g/mol. The summed E-state index contributed by atoms with van der Waals surface area (Å²) in [6.45, 7) is 5.33. The first-order valence-corrected chi connectivity index (χ1v) is 9.21. The zero-order chi connectivity index (χ0) is 17.9. The van der Waals surface area contributed by atoms with Gasteiger partial charge < -0.3 is 5.32 Å². The van der Waals surface area contributed by atoms with Gasteiger partial charge >= 0.3 is 0 Å². The lowest BCUT2D eigenvalue weighted by molar-refractivity contribution is -0.117. The lowest BCUT2D eigenvalue weighted by Gasteiger charge is -2.16. The molecule has 0 aliphatic carbocycles. The minimum absolute atomic E-state index is 0.0538. The summed E-state index contributed by atoms with van der Waals surface area (Å²) < 4.78 is 26.9. The second-order valence-electron chi connectivity index (χ2n) is 5.60. The molecular weight excluding hydrogens is 348 g/mol. The van der Waals surface area contributed by atoms with Gasteiger partial charge in [0, 0.05) is 10.7 Å². The fourth-order valence-corrected chi connectivity index (χ4v) is 3.49. The Balaban J connectivity index is 2.09. The molecule has 2 aromatic carbocycles. The van der Waals surface area contributed by atoms with Gasteiger partial charge in [-0.2, -0.15) is 4.72 Å². The van der Waals surface area contributed by atoms with Crippen LogP contribution in [0.25, 0.3) is 0 Å². The molecule has 0 aliphatic rings. The van der Waals surface area contributed by atoms with Crippen molar-refractivity contribution >= 4 is 33.2 Å². The SMILES string of the molecule is Cc1ccc(NC(=O)C(C)NS(=O)(=O)c2ccc(Cl)cc2)c(C)c1. The Morgan fingerprint density at radius 3 is 2.29 bits per heavy atom. The Hall–Kier alpha value is -1.89. The molecule has 0 aliphatic heterocycles. The number of anilines is 1. The van der Waals surface area contributed by atoms with Crippen molar-refractivity contribution in [2.75, 3.05) is 5.32 Å². The second kappa shape index (κ2) is 7.34. The third-order valence-electron chi connectivity index (χ3n) is 3.49. The van der Waals surface area contributed by atoms with E-state index in [1.54, 1.807) is 6.07 Å². The first-order chi connectivity index (χ1) is 11.2. The van der Waals surface area contributed by atoms with Crippen LogP contribution < -0.4 is 10.0 Å². The fraction of sp³-hybridized carbons (Fsp3) is 0.235. The topological polar surface area (TPSA) is 75.3 Å². The van der Waals surface area contributed by atoms with E-state index in [1.807, 2.05) is 26.0 Å². The van der Waals surface area contributed by atoms with Gasteiger partial charge in [-0.15, -0.1) is 0 Å². The van der Waals surface area contributed by atoms with Crippen LogP contribution >= 0.6 is 11.6 Å². The highest BCUT2D eigenvalue weighted by Gasteiger charge is 2.22. The lowest BCUT2D eigenvalue weighted by atomic mass is 10.1. The number of aryl methyl sites for hydroxylation is 2. The van der Waals surface area contributed by atoms with Gasteiger partial charge in [-0.1, -0.05) is 29.3 Å². The summed E-state index contributed by atoms with van der Waals surface area (Å²) >= 11 is 5.75. The van der Waals surface area contributed by atoms with E-state index in [4.69, 9.17) is 11.6 Å². The maximum Gasteiger partial charge on any atom is 0.242 e. The van der Waals surface area contributed by atoms with Crippen molar-refractivity contribution in [2.24, 2.45) is 0 Å². The van der Waals surface area contributed by atoms with Crippen LogP contribution in [-0.4, -0.2) is 20.4 Å². The first kappa shape index (κ1) is 18.4. The predicted octanol–water partition coefficient (Wildman–Crippen LogP) is 3.26. The number of benzene rings is 2. The molecule has 0 saturated heterocycles. The molecule has 0 fully saturated rings. The van der Waals surface area contributed by atoms with Crippen molar-refractivity contribution in [1.29, 1.82) is 0 Å². The molecule has 1 amide bonds. The van der Waals surface area contributed by atoms with Crippen LogP contribution in [0.2, 0.25) is 5.02 Å². The summed E-state index contributed by atoms with van der Waals surface area (Å²) in [7, 11) is -3.80. The first-order valence-electron chi connectivity index (χ1n) is 7.35. The molecule has 24 heavy (non-hydrogen) atoms. The van der Waals surface area contributed by atoms with Crippen LogP contribution in [0, 0.1) is 13.8 Å². The van der Waals surface area contributed by atoms with Crippen molar-refractivity contribution in [3.63, 3.8) is 0 Å². The molecule has 2 rings (SSSR count). The molecule has 5 nitrogen and oxygen atoms in total. The van der Waals surface area contributed by atoms with Gasteiger partial charge in [-0.25, -0.2) is 8.42 Å². The van der Waals surface area contributed by atoms with Crippen LogP contribution in [0.15, 0.2) is 47.4 Å². The highest BCUT2D eigenvalue weighted by molar-refractivity contribution is 7.89. The third-order valence-corrected chi connectivity index (χ3v) is 5.30. The fourth-order valence-electron chi connectivity index (χ4n) is 2.16. The Labute approximate surface area is 147 Å². The van der Waals surface area contributed by atoms with E-state index in [2.05, 4.69) is 10.0 Å². The largest absolute Gasteiger partial charge is 0.324 e. The predicted molar refractivity (Wildman–Crippen MR) is 95.8 cm³/mol. The molecule has 0 heterocycles. The Bertz CT molecular complexity index is 849. The van der Waals surface area contributed by atoms with E-state index >= 15 is 0 Å². The van der Waals surface area contributed by atoms with Gasteiger partial charge in [-0.05, 0) is 56.7 Å². The molecule has 7 heteroatoms. The van der Waals surface area contributed by atoms with E-state index in [9.17, 15) is 13.2 Å². The quantitative estimate of drug-likeness (QED) is 0.852. The number of carbonyl (C=O) groups is 1. The van der Waals surface area contributed by atoms with E-state index in [0.29, 0.717) is 10.7 Å². The number of halogens is 1. The summed E-state index contributed by atoms with van der Waals surface area (Å²) in [4.78, 5) is 12.3. The van der Waals surface area contributed by atoms with E-state index in [1.165, 1.54) is 31.2 Å². The molecular formula is C17H19ClN2O3S. The number of rotatable bonds is 5. The molecule has 0 bridgehead atoms. The Kier molecular flexibility index (Phi) is 5.64. The number of carbonyl (C=O) groups excluding carboxylic acids is 1. The van der Waals surface area contributed by atoms with Gasteiger partial charge in [-0.3, -0.25) is 4.79 Å². The maximum atomic E-state index is 12.3. The van der Waals surface area contributed by atoms with Crippen LogP contribution in [-0.2, 0) is 14.8 Å². The van der Waals surface area contributed by atoms with Gasteiger partial charge in [0.1, 0.15) is 0 Å². The summed E-state index contributed by atoms with van der Waals surface area (Å²) in [6.07, 6.45) is 0. The van der Waals surface area contributed by atoms with Crippen molar-refractivity contribution in [2.45, 2.75) is 31.7 Å². The number of hydrogen-bond acceptors (Lipinski definition) is 3. The van der Waals surface area contributed by atoms with Crippen LogP contribution in [0.1, 0.15) is 18.1 Å². The number of amides is 1. The summed E-state index contributed by atoms with van der Waals surface area (Å²) in [5.41, 5.74) is 2.65. The van der Waals surface area contributed by atoms with Crippen LogP contribution in [0.5, 0.6) is 0 Å². The van der Waals surface area contributed by atoms with Crippen molar-refractivity contribution < 1.29 is 13.2 Å². The zero-order valence-corrected chi connectivity index (χ0v) is 15.2. The molecule has 0 saturated carbocycles. The number of nitrogens with one attached hydrogen (secondary N) is 2. The maximum absolute atomic E-state index is 12.3. The van der Waals surface area contributed by atoms with Gasteiger partial charge in [0.15, 0.2) is 0 Å². The highest BCUT2D eigenvalue weighted by atomic mass is 35.5. The standard InChI is InChI=1S/C17H19ClN2O3S/c1-11-4-9-16(12(2)10-11)19-17(21)13(3)20-24(22,23)15-7-5-14(18)6-8-15/h4-10,13,20H,1-3H3,(H,19,21). The third kappa shape index (κ3) is 4.56. The smallest absolute Gasteiger partial charge is 0.242 e. The van der Waals surface area contributed by atoms with E-state index in [0.717, 1.165) is 11.1 Å². The van der Waals surface area contributed by atoms with E-state index in [-0.39, 0.29) is 4.90 Å². The summed E-state index contributed by atoms with van der Waals surface area (Å²) in [6, 6.07) is 10.4. The lowest BCUT2D eigenvalue weighted by Crippen LogP contribution is -2.41. The molecule has 1 atom stereocenters. The molecule has 1 unspecified atom stereocenters.